The number of benzene rings is 1. The van der Waals surface area contributed by atoms with Gasteiger partial charge in [-0.1, -0.05) is 11.6 Å². The second kappa shape index (κ2) is 8.26. The van der Waals surface area contributed by atoms with E-state index in [0.29, 0.717) is 33.4 Å². The Labute approximate surface area is 198 Å². The Morgan fingerprint density at radius 2 is 1.88 bits per heavy atom. The van der Waals surface area contributed by atoms with Gasteiger partial charge in [-0.05, 0) is 50.6 Å². The van der Waals surface area contributed by atoms with Crippen LogP contribution in [0.3, 0.4) is 0 Å². The molecule has 10 heteroatoms. The molecular weight excluding hydrogens is 466 g/mol. The lowest BCUT2D eigenvalue weighted by Gasteiger charge is -2.18. The molecule has 2 N–H and O–H groups in total. The van der Waals surface area contributed by atoms with Gasteiger partial charge in [0, 0.05) is 46.2 Å². The highest BCUT2D eigenvalue weighted by Crippen LogP contribution is 2.47. The summed E-state index contributed by atoms with van der Waals surface area (Å²) in [7, 11) is 0. The lowest BCUT2D eigenvalue weighted by molar-refractivity contribution is -0.0506. The molecule has 0 spiro atoms. The van der Waals surface area contributed by atoms with Crippen LogP contribution in [0.1, 0.15) is 55.1 Å². The van der Waals surface area contributed by atoms with Crippen LogP contribution < -0.4 is 4.74 Å². The van der Waals surface area contributed by atoms with Gasteiger partial charge in [0.15, 0.2) is 5.82 Å². The largest absolute Gasteiger partial charge is 0.435 e. The Morgan fingerprint density at radius 3 is 2.56 bits per heavy atom. The molecule has 0 unspecified atom stereocenters. The summed E-state index contributed by atoms with van der Waals surface area (Å²) in [5.41, 5.74) is 2.56. The van der Waals surface area contributed by atoms with Crippen LogP contribution in [0.2, 0.25) is 5.02 Å². The molecule has 3 aromatic heterocycles. The second-order valence-corrected chi connectivity index (χ2v) is 9.18. The SMILES string of the molecule is CC(C)(O)c1ncc(-c2ccc3nc4c(n3c2)[C@H](c2cc(Cl)ccc2OC(F)F)C[C@@H]4O)cn1. The molecule has 1 aromatic carbocycles. The number of hydrogen-bond donors (Lipinski definition) is 2. The number of aliphatic hydroxyl groups is 2. The number of pyridine rings is 1. The Bertz CT molecular complexity index is 1370. The molecule has 5 rings (SSSR count). The maximum absolute atomic E-state index is 13.0. The molecule has 0 bridgehead atoms. The Balaban J connectivity index is 1.62. The molecular formula is C24H21ClF2N4O3. The van der Waals surface area contributed by atoms with Gasteiger partial charge in [-0.15, -0.1) is 0 Å². The van der Waals surface area contributed by atoms with E-state index < -0.39 is 24.2 Å². The minimum Gasteiger partial charge on any atom is -0.435 e. The van der Waals surface area contributed by atoms with Crippen LogP contribution in [-0.4, -0.2) is 36.2 Å². The van der Waals surface area contributed by atoms with Gasteiger partial charge in [-0.25, -0.2) is 15.0 Å². The molecule has 4 aromatic rings. The first kappa shape index (κ1) is 22.6. The van der Waals surface area contributed by atoms with E-state index in [1.807, 2.05) is 16.7 Å². The van der Waals surface area contributed by atoms with Gasteiger partial charge in [0.25, 0.3) is 0 Å². The Kier molecular flexibility index (Phi) is 5.50. The summed E-state index contributed by atoms with van der Waals surface area (Å²) >= 11 is 6.18. The van der Waals surface area contributed by atoms with Gasteiger partial charge >= 0.3 is 6.61 Å². The molecule has 3 heterocycles. The quantitative estimate of drug-likeness (QED) is 0.419. The minimum atomic E-state index is -2.99. The summed E-state index contributed by atoms with van der Waals surface area (Å²) in [6.07, 6.45) is 4.48. The van der Waals surface area contributed by atoms with E-state index in [1.54, 1.807) is 38.4 Å². The average molecular weight is 487 g/mol. The van der Waals surface area contributed by atoms with Gasteiger partial charge in [0.2, 0.25) is 0 Å². The number of aliphatic hydroxyl groups excluding tert-OH is 1. The lowest BCUT2D eigenvalue weighted by Crippen LogP contribution is -2.19. The fraction of sp³-hybridized carbons (Fsp3) is 0.292. The number of rotatable bonds is 5. The summed E-state index contributed by atoms with van der Waals surface area (Å²) < 4.78 is 32.7. The Morgan fingerprint density at radius 1 is 1.15 bits per heavy atom. The van der Waals surface area contributed by atoms with Crippen molar-refractivity contribution >= 4 is 17.2 Å². The van der Waals surface area contributed by atoms with Gasteiger partial charge in [0.1, 0.15) is 17.0 Å². The summed E-state index contributed by atoms with van der Waals surface area (Å²) in [5.74, 6) is -0.153. The molecule has 1 aliphatic carbocycles. The predicted octanol–water partition coefficient (Wildman–Crippen LogP) is 4.84. The van der Waals surface area contributed by atoms with Gasteiger partial charge in [0.05, 0.1) is 17.5 Å². The number of hydrogen-bond acceptors (Lipinski definition) is 6. The normalized spacial score (nSPS) is 18.0. The fourth-order valence-electron chi connectivity index (χ4n) is 4.35. The third-order valence-electron chi connectivity index (χ3n) is 5.88. The van der Waals surface area contributed by atoms with E-state index in [1.165, 1.54) is 12.1 Å². The zero-order valence-electron chi connectivity index (χ0n) is 18.3. The monoisotopic (exact) mass is 486 g/mol. The molecule has 0 radical (unpaired) electrons. The van der Waals surface area contributed by atoms with Crippen LogP contribution in [0.4, 0.5) is 8.78 Å². The van der Waals surface area contributed by atoms with E-state index in [9.17, 15) is 19.0 Å². The highest BCUT2D eigenvalue weighted by Gasteiger charge is 2.37. The zero-order valence-corrected chi connectivity index (χ0v) is 19.0. The molecule has 0 saturated heterocycles. The van der Waals surface area contributed by atoms with E-state index in [4.69, 9.17) is 16.3 Å². The number of ether oxygens (including phenoxy) is 1. The van der Waals surface area contributed by atoms with Gasteiger partial charge in [-0.3, -0.25) is 0 Å². The number of alkyl halides is 2. The lowest BCUT2D eigenvalue weighted by atomic mass is 9.95. The summed E-state index contributed by atoms with van der Waals surface area (Å²) in [6, 6.07) is 8.13. The molecule has 34 heavy (non-hydrogen) atoms. The first-order chi connectivity index (χ1) is 16.1. The maximum atomic E-state index is 13.0. The van der Waals surface area contributed by atoms with Crippen molar-refractivity contribution in [1.82, 2.24) is 19.4 Å². The average Bonchev–Trinajstić information content (AvgIpc) is 3.31. The molecule has 7 nitrogen and oxygen atoms in total. The molecule has 0 amide bonds. The standard InChI is InChI=1S/C24H21ClF2N4O3/c1-24(2,33)22-28-9-13(10-29-22)12-3-6-19-30-20-17(32)8-16(21(20)31(19)11-12)15-7-14(25)4-5-18(15)34-23(26)27/h3-7,9-11,16-17,23,32-33H,8H2,1-2H3/t16-,17-/m0/s1. The number of aromatic nitrogens is 4. The topological polar surface area (TPSA) is 92.8 Å². The molecule has 0 aliphatic heterocycles. The highest BCUT2D eigenvalue weighted by molar-refractivity contribution is 6.30. The van der Waals surface area contributed by atoms with Crippen LogP contribution in [-0.2, 0) is 5.60 Å². The van der Waals surface area contributed by atoms with Crippen molar-refractivity contribution in [2.45, 2.75) is 44.5 Å². The van der Waals surface area contributed by atoms with Crippen LogP contribution in [0.25, 0.3) is 16.8 Å². The van der Waals surface area contributed by atoms with Gasteiger partial charge in [-0.2, -0.15) is 8.78 Å². The van der Waals surface area contributed by atoms with E-state index in [-0.39, 0.29) is 12.2 Å². The van der Waals surface area contributed by atoms with Crippen molar-refractivity contribution in [3.63, 3.8) is 0 Å². The maximum Gasteiger partial charge on any atom is 0.387 e. The van der Waals surface area contributed by atoms with Crippen molar-refractivity contribution in [3.8, 4) is 16.9 Å². The summed E-state index contributed by atoms with van der Waals surface area (Å²) in [4.78, 5) is 13.1. The number of halogens is 3. The van der Waals surface area contributed by atoms with Crippen molar-refractivity contribution in [1.29, 1.82) is 0 Å². The van der Waals surface area contributed by atoms with E-state index in [2.05, 4.69) is 15.0 Å². The predicted molar refractivity (Wildman–Crippen MR) is 121 cm³/mol. The third-order valence-corrected chi connectivity index (χ3v) is 6.12. The van der Waals surface area contributed by atoms with Crippen molar-refractivity contribution < 1.29 is 23.7 Å². The first-order valence-electron chi connectivity index (χ1n) is 10.6. The number of imidazole rings is 1. The van der Waals surface area contributed by atoms with Crippen molar-refractivity contribution in [2.75, 3.05) is 0 Å². The number of nitrogens with zero attached hydrogens (tertiary/aromatic N) is 4. The summed E-state index contributed by atoms with van der Waals surface area (Å²) in [6.45, 7) is 0.220. The molecule has 1 aliphatic rings. The van der Waals surface area contributed by atoms with Crippen LogP contribution in [0.15, 0.2) is 48.9 Å². The van der Waals surface area contributed by atoms with E-state index >= 15 is 0 Å². The summed E-state index contributed by atoms with van der Waals surface area (Å²) in [5, 5.41) is 21.2. The van der Waals surface area contributed by atoms with Crippen molar-refractivity contribution in [2.24, 2.45) is 0 Å². The van der Waals surface area contributed by atoms with Crippen molar-refractivity contribution in [3.05, 3.63) is 76.7 Å². The highest BCUT2D eigenvalue weighted by atomic mass is 35.5. The molecule has 2 atom stereocenters. The molecule has 0 fully saturated rings. The van der Waals surface area contributed by atoms with Crippen LogP contribution in [0.5, 0.6) is 5.75 Å². The van der Waals surface area contributed by atoms with Crippen LogP contribution in [0, 0.1) is 0 Å². The van der Waals surface area contributed by atoms with Crippen LogP contribution >= 0.6 is 11.6 Å². The smallest absolute Gasteiger partial charge is 0.387 e. The fourth-order valence-corrected chi connectivity index (χ4v) is 4.53. The third kappa shape index (κ3) is 4.00. The van der Waals surface area contributed by atoms with Gasteiger partial charge < -0.3 is 19.4 Å². The number of fused-ring (bicyclic) bond motifs is 3. The Hall–Kier alpha value is -3.14. The molecule has 176 valence electrons. The minimum absolute atomic E-state index is 0.00571. The zero-order chi connectivity index (χ0) is 24.2. The second-order valence-electron chi connectivity index (χ2n) is 8.75. The van der Waals surface area contributed by atoms with E-state index in [0.717, 1.165) is 11.1 Å². The molecule has 0 saturated carbocycles. The first-order valence-corrected chi connectivity index (χ1v) is 11.0.